The van der Waals surface area contributed by atoms with Crippen LogP contribution in [-0.2, 0) is 0 Å². The molecular formula is C24H24ClF3N4O3. The molecule has 7 nitrogen and oxygen atoms in total. The smallest absolute Gasteiger partial charge is 0.410 e. The maximum atomic E-state index is 14.1. The van der Waals surface area contributed by atoms with Gasteiger partial charge in [0, 0.05) is 12.1 Å². The van der Waals surface area contributed by atoms with Crippen molar-refractivity contribution < 1.29 is 27.4 Å². The van der Waals surface area contributed by atoms with Crippen LogP contribution >= 0.6 is 11.6 Å². The van der Waals surface area contributed by atoms with Gasteiger partial charge in [0.05, 0.1) is 20.3 Å². The second kappa shape index (κ2) is 9.33. The van der Waals surface area contributed by atoms with E-state index >= 15 is 0 Å². The number of methoxy groups -OCH3 is 2. The van der Waals surface area contributed by atoms with Crippen LogP contribution in [0.5, 0.6) is 11.5 Å². The summed E-state index contributed by atoms with van der Waals surface area (Å²) in [6.45, 7) is 3.82. The molecular weight excluding hydrogens is 485 g/mol. The molecule has 0 spiro atoms. The average Bonchev–Trinajstić information content (AvgIpc) is 3.16. The Morgan fingerprint density at radius 1 is 1.11 bits per heavy atom. The second-order valence-corrected chi connectivity index (χ2v) is 8.69. The van der Waals surface area contributed by atoms with Crippen LogP contribution in [0.3, 0.4) is 0 Å². The molecule has 35 heavy (non-hydrogen) atoms. The number of hydrogen-bond acceptors (Lipinski definition) is 5. The lowest BCUT2D eigenvalue weighted by Crippen LogP contribution is -2.35. The number of halogens is 4. The van der Waals surface area contributed by atoms with Crippen LogP contribution in [0, 0.1) is 13.8 Å². The maximum Gasteiger partial charge on any atom is 0.410 e. The van der Waals surface area contributed by atoms with E-state index in [1.54, 1.807) is 30.3 Å². The Morgan fingerprint density at radius 2 is 1.83 bits per heavy atom. The molecule has 1 aromatic heterocycles. The molecule has 1 aliphatic heterocycles. The fourth-order valence-electron chi connectivity index (χ4n) is 4.03. The molecule has 0 saturated carbocycles. The molecule has 1 aliphatic rings. The highest BCUT2D eigenvalue weighted by molar-refractivity contribution is 6.36. The molecule has 3 aromatic rings. The number of aromatic nitrogens is 2. The van der Waals surface area contributed by atoms with Crippen molar-refractivity contribution in [2.45, 2.75) is 38.5 Å². The molecule has 11 heteroatoms. The summed E-state index contributed by atoms with van der Waals surface area (Å²) in [7, 11) is 2.92. The highest BCUT2D eigenvalue weighted by Crippen LogP contribution is 2.47. The SMILES string of the molecule is COc1ccc([C@H]2C[C@@H](C(F)(F)F)n3nc(C(=O)Nc4ccc(C)c(C)c4)c(Cl)c3N2)cc1OC. The van der Waals surface area contributed by atoms with Gasteiger partial charge in [-0.2, -0.15) is 18.3 Å². The number of rotatable bonds is 5. The number of carbonyl (C=O) groups excluding carboxylic acids is 1. The Kier molecular flexibility index (Phi) is 6.59. The fraction of sp³-hybridized carbons (Fsp3) is 0.333. The Morgan fingerprint density at radius 3 is 2.46 bits per heavy atom. The van der Waals surface area contributed by atoms with Crippen LogP contribution in [-0.4, -0.2) is 36.1 Å². The third-order valence-electron chi connectivity index (χ3n) is 6.09. The number of benzene rings is 2. The minimum Gasteiger partial charge on any atom is -0.493 e. The van der Waals surface area contributed by atoms with E-state index in [2.05, 4.69) is 15.7 Å². The van der Waals surface area contributed by atoms with Crippen LogP contribution in [0.1, 0.15) is 45.7 Å². The summed E-state index contributed by atoms with van der Waals surface area (Å²) in [6.07, 6.45) is -4.98. The molecule has 0 radical (unpaired) electrons. The third-order valence-corrected chi connectivity index (χ3v) is 6.44. The van der Waals surface area contributed by atoms with E-state index in [1.165, 1.54) is 14.2 Å². The molecule has 186 valence electrons. The summed E-state index contributed by atoms with van der Waals surface area (Å²) in [4.78, 5) is 12.9. The number of aryl methyl sites for hydroxylation is 2. The molecule has 0 bridgehead atoms. The van der Waals surface area contributed by atoms with Crippen molar-refractivity contribution in [2.75, 3.05) is 24.9 Å². The Hall–Kier alpha value is -3.40. The number of anilines is 2. The fourth-order valence-corrected chi connectivity index (χ4v) is 4.30. The summed E-state index contributed by atoms with van der Waals surface area (Å²) in [5.74, 6) is 0.0533. The number of amides is 1. The van der Waals surface area contributed by atoms with Crippen molar-refractivity contribution >= 4 is 29.0 Å². The van der Waals surface area contributed by atoms with Crippen molar-refractivity contribution in [1.82, 2.24) is 9.78 Å². The molecule has 4 rings (SSSR count). The van der Waals surface area contributed by atoms with E-state index < -0.39 is 24.2 Å². The van der Waals surface area contributed by atoms with Gasteiger partial charge in [-0.25, -0.2) is 4.68 Å². The van der Waals surface area contributed by atoms with E-state index in [-0.39, 0.29) is 23.0 Å². The van der Waals surface area contributed by atoms with E-state index in [1.807, 2.05) is 19.9 Å². The molecule has 2 aromatic carbocycles. The Bertz CT molecular complexity index is 1280. The lowest BCUT2D eigenvalue weighted by molar-refractivity contribution is -0.173. The summed E-state index contributed by atoms with van der Waals surface area (Å²) in [6, 6.07) is 7.43. The lowest BCUT2D eigenvalue weighted by atomic mass is 9.96. The first-order chi connectivity index (χ1) is 16.5. The van der Waals surface area contributed by atoms with Gasteiger partial charge in [-0.1, -0.05) is 23.7 Å². The number of fused-ring (bicyclic) bond motifs is 1. The number of alkyl halides is 3. The van der Waals surface area contributed by atoms with Crippen molar-refractivity contribution in [1.29, 1.82) is 0 Å². The normalized spacial score (nSPS) is 17.4. The van der Waals surface area contributed by atoms with Crippen LogP contribution in [0.15, 0.2) is 36.4 Å². The molecule has 1 amide bonds. The van der Waals surface area contributed by atoms with Gasteiger partial charge < -0.3 is 20.1 Å². The van der Waals surface area contributed by atoms with Crippen molar-refractivity contribution in [3.8, 4) is 11.5 Å². The summed E-state index contributed by atoms with van der Waals surface area (Å²) in [5.41, 5.74) is 2.73. The number of carbonyl (C=O) groups is 1. The first kappa shape index (κ1) is 24.7. The predicted octanol–water partition coefficient (Wildman–Crippen LogP) is 6.08. The first-order valence-electron chi connectivity index (χ1n) is 10.7. The maximum absolute atomic E-state index is 14.1. The lowest BCUT2D eigenvalue weighted by Gasteiger charge is -2.33. The third kappa shape index (κ3) is 4.75. The molecule has 0 aliphatic carbocycles. The van der Waals surface area contributed by atoms with Gasteiger partial charge in [0.1, 0.15) is 10.8 Å². The molecule has 0 unspecified atom stereocenters. The van der Waals surface area contributed by atoms with Crippen LogP contribution in [0.2, 0.25) is 5.02 Å². The van der Waals surface area contributed by atoms with Crippen molar-refractivity contribution in [2.24, 2.45) is 0 Å². The average molecular weight is 509 g/mol. The minimum atomic E-state index is -4.62. The van der Waals surface area contributed by atoms with E-state index in [0.29, 0.717) is 22.7 Å². The zero-order valence-electron chi connectivity index (χ0n) is 19.5. The second-order valence-electron chi connectivity index (χ2n) is 8.31. The van der Waals surface area contributed by atoms with Gasteiger partial charge in [-0.05, 0) is 54.8 Å². The van der Waals surface area contributed by atoms with Gasteiger partial charge in [0.2, 0.25) is 0 Å². The molecule has 0 fully saturated rings. The monoisotopic (exact) mass is 508 g/mol. The van der Waals surface area contributed by atoms with Crippen molar-refractivity contribution in [3.05, 3.63) is 63.8 Å². The Labute approximate surface area is 205 Å². The molecule has 0 saturated heterocycles. The van der Waals surface area contributed by atoms with Crippen LogP contribution < -0.4 is 20.1 Å². The van der Waals surface area contributed by atoms with Crippen LogP contribution in [0.25, 0.3) is 0 Å². The van der Waals surface area contributed by atoms with Gasteiger partial charge in [-0.3, -0.25) is 4.79 Å². The van der Waals surface area contributed by atoms with E-state index in [4.69, 9.17) is 21.1 Å². The quantitative estimate of drug-likeness (QED) is 0.436. The van der Waals surface area contributed by atoms with Gasteiger partial charge in [0.15, 0.2) is 23.2 Å². The number of ether oxygens (including phenoxy) is 2. The van der Waals surface area contributed by atoms with Gasteiger partial charge in [-0.15, -0.1) is 0 Å². The van der Waals surface area contributed by atoms with Gasteiger partial charge >= 0.3 is 6.18 Å². The first-order valence-corrected chi connectivity index (χ1v) is 11.1. The van der Waals surface area contributed by atoms with Crippen molar-refractivity contribution in [3.63, 3.8) is 0 Å². The summed E-state index contributed by atoms with van der Waals surface area (Å²) < 4.78 is 53.5. The Balaban J connectivity index is 1.70. The highest BCUT2D eigenvalue weighted by atomic mass is 35.5. The minimum absolute atomic E-state index is 0.0785. The zero-order valence-corrected chi connectivity index (χ0v) is 20.2. The topological polar surface area (TPSA) is 77.4 Å². The van der Waals surface area contributed by atoms with Gasteiger partial charge in [0.25, 0.3) is 5.91 Å². The number of nitrogens with zero attached hydrogens (tertiary/aromatic N) is 2. The summed E-state index contributed by atoms with van der Waals surface area (Å²) in [5, 5.41) is 9.46. The van der Waals surface area contributed by atoms with E-state index in [9.17, 15) is 18.0 Å². The summed E-state index contributed by atoms with van der Waals surface area (Å²) >= 11 is 6.42. The number of nitrogens with one attached hydrogen (secondary N) is 2. The molecule has 2 atom stereocenters. The largest absolute Gasteiger partial charge is 0.493 e. The molecule has 2 heterocycles. The van der Waals surface area contributed by atoms with Crippen LogP contribution in [0.4, 0.5) is 24.7 Å². The standard InChI is InChI=1S/C24H24ClF3N4O3/c1-12-5-7-15(9-13(12)2)29-23(33)21-20(25)22-30-16(11-19(24(26,27)28)32(22)31-21)14-6-8-17(34-3)18(10-14)35-4/h5-10,16,19,30H,11H2,1-4H3,(H,29,33)/t16-,19+/m1/s1. The van der Waals surface area contributed by atoms with E-state index in [0.717, 1.165) is 15.8 Å². The highest BCUT2D eigenvalue weighted by Gasteiger charge is 2.48. The number of hydrogen-bond donors (Lipinski definition) is 2. The molecule has 2 N–H and O–H groups in total. The zero-order chi connectivity index (χ0) is 25.5. The predicted molar refractivity (Wildman–Crippen MR) is 127 cm³/mol.